The molecule has 0 aliphatic carbocycles. The molecule has 0 aromatic carbocycles. The smallest absolute Gasteiger partial charge is 0.188 e. The average molecular weight is 620 g/mol. The standard InChI is InChI=1S/C27H26N6OS3.2ClH/c1-2-19-22(4-3-9-29-19)34-23-14-18(37-24-7-12-30-20-8-13-35-25(20)24)15-31-26(23)33-27-32-21(16-36-27)17-5-10-28-11-6-17;;/h3-4,7-9,12-17,28H,2,5-6,10-11H2,1H3,(H,31,32,33);2*1H. The minimum absolute atomic E-state index is 0. The van der Waals surface area contributed by atoms with Gasteiger partial charge in [-0.2, -0.15) is 0 Å². The maximum atomic E-state index is 6.44. The highest BCUT2D eigenvalue weighted by atomic mass is 35.5. The topological polar surface area (TPSA) is 84.9 Å². The number of hydrogen-bond acceptors (Lipinski definition) is 10. The first kappa shape index (κ1) is 29.5. The van der Waals surface area contributed by atoms with Gasteiger partial charge in [0, 0.05) is 45.7 Å². The fourth-order valence-corrected chi connectivity index (χ4v) is 7.03. The molecule has 0 atom stereocenters. The first-order valence-electron chi connectivity index (χ1n) is 12.3. The number of anilines is 2. The minimum Gasteiger partial charge on any atom is -0.452 e. The second kappa shape index (κ2) is 13.7. The lowest BCUT2D eigenvalue weighted by molar-refractivity contribution is 0.455. The summed E-state index contributed by atoms with van der Waals surface area (Å²) in [6.45, 7) is 4.17. The van der Waals surface area contributed by atoms with E-state index in [2.05, 4.69) is 38.3 Å². The monoisotopic (exact) mass is 618 g/mol. The fraction of sp³-hybridized carbons (Fsp3) is 0.259. The van der Waals surface area contributed by atoms with Crippen molar-refractivity contribution in [1.29, 1.82) is 0 Å². The lowest BCUT2D eigenvalue weighted by Gasteiger charge is -2.20. The Kier molecular flexibility index (Phi) is 10.4. The largest absolute Gasteiger partial charge is 0.452 e. The van der Waals surface area contributed by atoms with Crippen molar-refractivity contribution < 1.29 is 4.74 Å². The van der Waals surface area contributed by atoms with Crippen molar-refractivity contribution in [3.63, 3.8) is 0 Å². The molecular weight excluding hydrogens is 591 g/mol. The number of aromatic nitrogens is 4. The number of nitrogens with one attached hydrogen (secondary N) is 2. The molecular formula is C27H28Cl2N6OS3. The molecule has 204 valence electrons. The molecule has 0 radical (unpaired) electrons. The van der Waals surface area contributed by atoms with E-state index in [1.807, 2.05) is 42.7 Å². The summed E-state index contributed by atoms with van der Waals surface area (Å²) in [5.74, 6) is 2.52. The van der Waals surface area contributed by atoms with Crippen LogP contribution in [-0.4, -0.2) is 33.0 Å². The quantitative estimate of drug-likeness (QED) is 0.180. The summed E-state index contributed by atoms with van der Waals surface area (Å²) in [6, 6.07) is 9.97. The van der Waals surface area contributed by atoms with Gasteiger partial charge in [0.2, 0.25) is 0 Å². The van der Waals surface area contributed by atoms with Crippen LogP contribution < -0.4 is 15.4 Å². The van der Waals surface area contributed by atoms with Crippen molar-refractivity contribution in [2.45, 2.75) is 41.9 Å². The first-order valence-corrected chi connectivity index (χ1v) is 14.9. The third-order valence-corrected chi connectivity index (χ3v) is 9.13. The average Bonchev–Trinajstić information content (AvgIpc) is 3.61. The van der Waals surface area contributed by atoms with Crippen molar-refractivity contribution in [1.82, 2.24) is 25.3 Å². The number of ether oxygens (including phenoxy) is 1. The molecule has 0 spiro atoms. The maximum absolute atomic E-state index is 6.44. The van der Waals surface area contributed by atoms with Crippen LogP contribution in [0, 0.1) is 0 Å². The van der Waals surface area contributed by atoms with Crippen molar-refractivity contribution in [2.24, 2.45) is 0 Å². The minimum atomic E-state index is 0. The van der Waals surface area contributed by atoms with Crippen LogP contribution in [0.2, 0.25) is 0 Å². The van der Waals surface area contributed by atoms with Crippen molar-refractivity contribution in [2.75, 3.05) is 18.4 Å². The second-order valence-electron chi connectivity index (χ2n) is 8.69. The van der Waals surface area contributed by atoms with E-state index < -0.39 is 0 Å². The molecule has 0 unspecified atom stereocenters. The van der Waals surface area contributed by atoms with E-state index in [0.29, 0.717) is 17.5 Å². The molecule has 0 amide bonds. The van der Waals surface area contributed by atoms with Crippen LogP contribution >= 0.6 is 59.2 Å². The molecule has 1 saturated heterocycles. The van der Waals surface area contributed by atoms with Gasteiger partial charge in [-0.1, -0.05) is 18.7 Å². The van der Waals surface area contributed by atoms with Crippen LogP contribution in [0.15, 0.2) is 69.5 Å². The Bertz CT molecular complexity index is 1520. The zero-order valence-corrected chi connectivity index (χ0v) is 25.2. The lowest BCUT2D eigenvalue weighted by Crippen LogP contribution is -2.26. The Hall–Kier alpha value is -2.47. The van der Waals surface area contributed by atoms with Crippen molar-refractivity contribution in [3.05, 3.63) is 71.1 Å². The van der Waals surface area contributed by atoms with Crippen LogP contribution in [0.5, 0.6) is 11.5 Å². The highest BCUT2D eigenvalue weighted by Gasteiger charge is 2.19. The highest BCUT2D eigenvalue weighted by Crippen LogP contribution is 2.40. The maximum Gasteiger partial charge on any atom is 0.188 e. The Morgan fingerprint density at radius 1 is 1.05 bits per heavy atom. The Balaban J connectivity index is 0.00000176. The molecule has 39 heavy (non-hydrogen) atoms. The van der Waals surface area contributed by atoms with E-state index in [1.165, 1.54) is 4.70 Å². The Morgan fingerprint density at radius 3 is 2.77 bits per heavy atom. The molecule has 1 aliphatic heterocycles. The van der Waals surface area contributed by atoms with Gasteiger partial charge in [-0.15, -0.1) is 47.5 Å². The Morgan fingerprint density at radius 2 is 1.92 bits per heavy atom. The van der Waals surface area contributed by atoms with Crippen molar-refractivity contribution in [3.8, 4) is 11.5 Å². The summed E-state index contributed by atoms with van der Waals surface area (Å²) in [5.41, 5.74) is 3.07. The van der Waals surface area contributed by atoms with E-state index in [4.69, 9.17) is 14.7 Å². The number of aryl methyl sites for hydroxylation is 1. The summed E-state index contributed by atoms with van der Waals surface area (Å²) in [5, 5.41) is 11.9. The van der Waals surface area contributed by atoms with Crippen LogP contribution in [0.4, 0.5) is 10.9 Å². The van der Waals surface area contributed by atoms with Gasteiger partial charge in [0.05, 0.1) is 21.6 Å². The molecule has 6 heterocycles. The van der Waals surface area contributed by atoms with Gasteiger partial charge < -0.3 is 15.4 Å². The van der Waals surface area contributed by atoms with E-state index >= 15 is 0 Å². The third kappa shape index (κ3) is 6.82. The molecule has 7 nitrogen and oxygen atoms in total. The van der Waals surface area contributed by atoms with Gasteiger partial charge in [-0.25, -0.2) is 9.97 Å². The van der Waals surface area contributed by atoms with Crippen LogP contribution in [0.25, 0.3) is 10.2 Å². The van der Waals surface area contributed by atoms with E-state index in [9.17, 15) is 0 Å². The van der Waals surface area contributed by atoms with Crippen LogP contribution in [-0.2, 0) is 6.42 Å². The van der Waals surface area contributed by atoms with Gasteiger partial charge in [-0.3, -0.25) is 9.97 Å². The van der Waals surface area contributed by atoms with Gasteiger partial charge in [-0.05, 0) is 62.0 Å². The van der Waals surface area contributed by atoms with Crippen LogP contribution in [0.3, 0.4) is 0 Å². The summed E-state index contributed by atoms with van der Waals surface area (Å²) in [4.78, 5) is 20.8. The number of halogens is 2. The predicted molar refractivity (Wildman–Crippen MR) is 166 cm³/mol. The number of rotatable bonds is 8. The number of piperidine rings is 1. The van der Waals surface area contributed by atoms with Gasteiger partial charge in [0.25, 0.3) is 0 Å². The summed E-state index contributed by atoms with van der Waals surface area (Å²) < 4.78 is 7.61. The van der Waals surface area contributed by atoms with Crippen LogP contribution in [0.1, 0.15) is 37.1 Å². The number of fused-ring (bicyclic) bond motifs is 1. The second-order valence-corrected chi connectivity index (χ2v) is 11.6. The first-order chi connectivity index (χ1) is 18.3. The lowest BCUT2D eigenvalue weighted by atomic mass is 9.96. The zero-order valence-electron chi connectivity index (χ0n) is 21.1. The molecule has 5 aromatic heterocycles. The zero-order chi connectivity index (χ0) is 25.0. The SMILES string of the molecule is CCc1ncccc1Oc1cc(Sc2ccnc3ccsc23)cnc1Nc1nc(C2CCNCC2)cs1.Cl.Cl. The molecule has 0 bridgehead atoms. The number of hydrogen-bond donors (Lipinski definition) is 2. The Labute approximate surface area is 252 Å². The summed E-state index contributed by atoms with van der Waals surface area (Å²) >= 11 is 4.97. The van der Waals surface area contributed by atoms with Gasteiger partial charge >= 0.3 is 0 Å². The normalized spacial score (nSPS) is 13.5. The van der Waals surface area contributed by atoms with E-state index in [0.717, 1.165) is 69.9 Å². The number of thiazole rings is 1. The third-order valence-electron chi connectivity index (χ3n) is 6.27. The number of pyridine rings is 3. The van der Waals surface area contributed by atoms with E-state index in [1.54, 1.807) is 40.6 Å². The summed E-state index contributed by atoms with van der Waals surface area (Å²) in [6.07, 6.45) is 8.54. The molecule has 6 rings (SSSR count). The highest BCUT2D eigenvalue weighted by molar-refractivity contribution is 7.99. The summed E-state index contributed by atoms with van der Waals surface area (Å²) in [7, 11) is 0. The molecule has 1 fully saturated rings. The van der Waals surface area contributed by atoms with Gasteiger partial charge in [0.1, 0.15) is 5.75 Å². The number of nitrogens with zero attached hydrogens (tertiary/aromatic N) is 4. The molecule has 2 N–H and O–H groups in total. The predicted octanol–water partition coefficient (Wildman–Crippen LogP) is 8.10. The van der Waals surface area contributed by atoms with Crippen molar-refractivity contribution >= 4 is 80.4 Å². The number of thiophene rings is 1. The molecule has 1 aliphatic rings. The molecule has 5 aromatic rings. The fourth-order valence-electron chi connectivity index (χ4n) is 4.36. The molecule has 12 heteroatoms. The van der Waals surface area contributed by atoms with Gasteiger partial charge in [0.15, 0.2) is 16.7 Å². The van der Waals surface area contributed by atoms with E-state index in [-0.39, 0.29) is 24.8 Å². The molecule has 0 saturated carbocycles.